The third kappa shape index (κ3) is 9.41. The van der Waals surface area contributed by atoms with E-state index in [-0.39, 0.29) is 31.7 Å². The first-order chi connectivity index (χ1) is 13.5. The van der Waals surface area contributed by atoms with Crippen LogP contribution in [0.25, 0.3) is 0 Å². The van der Waals surface area contributed by atoms with Crippen molar-refractivity contribution in [2.45, 2.75) is 80.7 Å². The SMILES string of the molecule is COC(=O)CC(CCCC(CC(=O)OC)S(=O)(=O)NC1CCCCC1)S(N)(=O)=O. The van der Waals surface area contributed by atoms with Gasteiger partial charge in [0.05, 0.1) is 37.6 Å². The highest BCUT2D eigenvalue weighted by atomic mass is 32.2. The number of hydrogen-bond acceptors (Lipinski definition) is 8. The van der Waals surface area contributed by atoms with Gasteiger partial charge in [0.25, 0.3) is 0 Å². The van der Waals surface area contributed by atoms with E-state index in [9.17, 15) is 26.4 Å². The fourth-order valence-corrected chi connectivity index (χ4v) is 6.00. The van der Waals surface area contributed by atoms with Crippen molar-refractivity contribution in [2.24, 2.45) is 5.14 Å². The van der Waals surface area contributed by atoms with Crippen LogP contribution in [0.1, 0.15) is 64.2 Å². The van der Waals surface area contributed by atoms with Crippen LogP contribution in [-0.4, -0.2) is 59.5 Å². The van der Waals surface area contributed by atoms with Crippen LogP contribution in [0, 0.1) is 0 Å². The quantitative estimate of drug-likeness (QED) is 0.403. The van der Waals surface area contributed by atoms with Gasteiger partial charge in [-0.2, -0.15) is 0 Å². The summed E-state index contributed by atoms with van der Waals surface area (Å²) in [7, 11) is -5.51. The van der Waals surface area contributed by atoms with Crippen LogP contribution in [0.2, 0.25) is 0 Å². The topological polar surface area (TPSA) is 159 Å². The Morgan fingerprint density at radius 1 is 0.931 bits per heavy atom. The predicted octanol–water partition coefficient (Wildman–Crippen LogP) is 0.561. The third-order valence-corrected chi connectivity index (χ3v) is 8.41. The highest BCUT2D eigenvalue weighted by Crippen LogP contribution is 2.22. The molecule has 0 radical (unpaired) electrons. The second-order valence-electron chi connectivity index (χ2n) is 7.32. The van der Waals surface area contributed by atoms with E-state index in [0.29, 0.717) is 0 Å². The lowest BCUT2D eigenvalue weighted by Gasteiger charge is -2.26. The molecule has 0 heterocycles. The van der Waals surface area contributed by atoms with Gasteiger partial charge in [0.1, 0.15) is 0 Å². The summed E-state index contributed by atoms with van der Waals surface area (Å²) in [4.78, 5) is 23.1. The smallest absolute Gasteiger partial charge is 0.306 e. The Kier molecular flexibility index (Phi) is 10.5. The Hall–Kier alpha value is -1.24. The van der Waals surface area contributed by atoms with Gasteiger partial charge in [0.2, 0.25) is 20.0 Å². The van der Waals surface area contributed by atoms with Crippen molar-refractivity contribution in [3.63, 3.8) is 0 Å². The van der Waals surface area contributed by atoms with E-state index in [4.69, 9.17) is 5.14 Å². The fraction of sp³-hybridized carbons (Fsp3) is 0.882. The Morgan fingerprint density at radius 3 is 1.90 bits per heavy atom. The maximum atomic E-state index is 12.8. The maximum Gasteiger partial charge on any atom is 0.306 e. The molecule has 29 heavy (non-hydrogen) atoms. The van der Waals surface area contributed by atoms with E-state index in [1.165, 1.54) is 7.11 Å². The number of carbonyl (C=O) groups is 2. The van der Waals surface area contributed by atoms with Gasteiger partial charge in [0, 0.05) is 6.04 Å². The molecule has 0 aromatic rings. The minimum atomic E-state index is -4.01. The summed E-state index contributed by atoms with van der Waals surface area (Å²) < 4.78 is 60.8. The molecule has 0 saturated heterocycles. The van der Waals surface area contributed by atoms with Crippen molar-refractivity contribution in [3.05, 3.63) is 0 Å². The van der Waals surface area contributed by atoms with Crippen molar-refractivity contribution in [3.8, 4) is 0 Å². The van der Waals surface area contributed by atoms with Crippen LogP contribution >= 0.6 is 0 Å². The molecular weight excluding hydrogens is 424 g/mol. The predicted molar refractivity (Wildman–Crippen MR) is 107 cm³/mol. The molecule has 0 aromatic carbocycles. The number of primary sulfonamides is 1. The molecule has 1 rings (SSSR count). The number of carbonyl (C=O) groups excluding carboxylic acids is 2. The molecule has 12 heteroatoms. The zero-order chi connectivity index (χ0) is 22.1. The maximum absolute atomic E-state index is 12.8. The molecule has 0 bridgehead atoms. The summed E-state index contributed by atoms with van der Waals surface area (Å²) in [5.74, 6) is -1.39. The average molecular weight is 457 g/mol. The minimum absolute atomic E-state index is 0.0233. The van der Waals surface area contributed by atoms with Crippen molar-refractivity contribution in [1.82, 2.24) is 4.72 Å². The molecule has 170 valence electrons. The minimum Gasteiger partial charge on any atom is -0.469 e. The second kappa shape index (κ2) is 11.8. The monoisotopic (exact) mass is 456 g/mol. The van der Waals surface area contributed by atoms with Gasteiger partial charge < -0.3 is 9.47 Å². The van der Waals surface area contributed by atoms with Gasteiger partial charge >= 0.3 is 11.9 Å². The normalized spacial score (nSPS) is 18.0. The number of methoxy groups -OCH3 is 2. The van der Waals surface area contributed by atoms with Gasteiger partial charge in [-0.15, -0.1) is 0 Å². The molecule has 0 aliphatic heterocycles. The number of nitrogens with one attached hydrogen (secondary N) is 1. The molecule has 0 aromatic heterocycles. The molecular formula is C17H32N2O8S2. The van der Waals surface area contributed by atoms with Crippen LogP contribution in [0.15, 0.2) is 0 Å². The molecule has 1 saturated carbocycles. The van der Waals surface area contributed by atoms with Crippen molar-refractivity contribution in [2.75, 3.05) is 14.2 Å². The highest BCUT2D eigenvalue weighted by Gasteiger charge is 2.32. The van der Waals surface area contributed by atoms with Crippen molar-refractivity contribution in [1.29, 1.82) is 0 Å². The number of ether oxygens (including phenoxy) is 2. The number of nitrogens with two attached hydrogens (primary N) is 1. The molecule has 1 fully saturated rings. The molecule has 1 aliphatic rings. The van der Waals surface area contributed by atoms with E-state index >= 15 is 0 Å². The van der Waals surface area contributed by atoms with Crippen LogP contribution in [0.5, 0.6) is 0 Å². The third-order valence-electron chi connectivity index (χ3n) is 5.14. The standard InChI is InChI=1S/C17H32N2O8S2/c1-26-16(20)11-14(28(18,22)23)9-6-10-15(12-17(21)27-2)29(24,25)19-13-7-4-3-5-8-13/h13-15,19H,3-12H2,1-2H3,(H2,18,22,23). The van der Waals surface area contributed by atoms with E-state index in [1.54, 1.807) is 0 Å². The summed E-state index contributed by atoms with van der Waals surface area (Å²) in [5.41, 5.74) is 0. The number of sulfonamides is 2. The van der Waals surface area contributed by atoms with Gasteiger partial charge in [-0.05, 0) is 25.7 Å². The first-order valence-corrected chi connectivity index (χ1v) is 12.8. The van der Waals surface area contributed by atoms with Crippen LogP contribution < -0.4 is 9.86 Å². The second-order valence-corrected chi connectivity index (χ2v) is 11.2. The van der Waals surface area contributed by atoms with Crippen LogP contribution in [-0.2, 0) is 39.1 Å². The summed E-state index contributed by atoms with van der Waals surface area (Å²) in [6, 6.07) is -0.162. The lowest BCUT2D eigenvalue weighted by atomic mass is 9.96. The lowest BCUT2D eigenvalue weighted by molar-refractivity contribution is -0.141. The fourth-order valence-electron chi connectivity index (χ4n) is 3.41. The molecule has 2 unspecified atom stereocenters. The molecule has 0 spiro atoms. The Balaban J connectivity index is 2.80. The Bertz CT molecular complexity index is 745. The zero-order valence-electron chi connectivity index (χ0n) is 17.0. The molecule has 0 amide bonds. The largest absolute Gasteiger partial charge is 0.469 e. The summed E-state index contributed by atoms with van der Waals surface area (Å²) >= 11 is 0. The molecule has 10 nitrogen and oxygen atoms in total. The van der Waals surface area contributed by atoms with Crippen LogP contribution in [0.3, 0.4) is 0 Å². The highest BCUT2D eigenvalue weighted by molar-refractivity contribution is 7.90. The summed E-state index contributed by atoms with van der Waals surface area (Å²) in [6.45, 7) is 0. The van der Waals surface area contributed by atoms with E-state index in [0.717, 1.165) is 39.2 Å². The van der Waals surface area contributed by atoms with Crippen molar-refractivity contribution >= 4 is 32.0 Å². The molecule has 3 N–H and O–H groups in total. The van der Waals surface area contributed by atoms with Gasteiger partial charge in [-0.1, -0.05) is 25.7 Å². The zero-order valence-corrected chi connectivity index (χ0v) is 18.6. The number of rotatable bonds is 12. The van der Waals surface area contributed by atoms with E-state index in [1.807, 2.05) is 0 Å². The van der Waals surface area contributed by atoms with Crippen LogP contribution in [0.4, 0.5) is 0 Å². The van der Waals surface area contributed by atoms with Gasteiger partial charge in [-0.25, -0.2) is 26.7 Å². The first kappa shape index (κ1) is 25.8. The van der Waals surface area contributed by atoms with E-state index < -0.39 is 48.9 Å². The van der Waals surface area contributed by atoms with Crippen molar-refractivity contribution < 1.29 is 35.9 Å². The lowest BCUT2D eigenvalue weighted by Crippen LogP contribution is -2.43. The Morgan fingerprint density at radius 2 is 1.41 bits per heavy atom. The van der Waals surface area contributed by atoms with Gasteiger partial charge in [0.15, 0.2) is 0 Å². The van der Waals surface area contributed by atoms with Gasteiger partial charge in [-0.3, -0.25) is 9.59 Å². The number of esters is 2. The Labute approximate surface area is 173 Å². The van der Waals surface area contributed by atoms with E-state index in [2.05, 4.69) is 14.2 Å². The summed E-state index contributed by atoms with van der Waals surface area (Å²) in [5, 5.41) is 2.93. The first-order valence-electron chi connectivity index (χ1n) is 9.66. The number of hydrogen-bond donors (Lipinski definition) is 2. The molecule has 2 atom stereocenters. The molecule has 1 aliphatic carbocycles. The average Bonchev–Trinajstić information content (AvgIpc) is 2.65. The summed E-state index contributed by atoms with van der Waals surface area (Å²) in [6.07, 6.45) is 3.85.